The standard InChI is InChI=1S/C13H21NOS/c1-11(8-9-16-2)14-10-13(15)12-6-4-3-5-7-12/h3-7,11,13-15H,8-10H2,1-2H3. The van der Waals surface area contributed by atoms with E-state index in [2.05, 4.69) is 18.5 Å². The van der Waals surface area contributed by atoms with Crippen molar-refractivity contribution in [2.75, 3.05) is 18.6 Å². The van der Waals surface area contributed by atoms with Crippen molar-refractivity contribution in [3.63, 3.8) is 0 Å². The lowest BCUT2D eigenvalue weighted by molar-refractivity contribution is 0.170. The molecule has 16 heavy (non-hydrogen) atoms. The number of rotatable bonds is 7. The minimum atomic E-state index is -0.405. The fourth-order valence-electron chi connectivity index (χ4n) is 1.50. The average Bonchev–Trinajstić information content (AvgIpc) is 2.34. The molecule has 1 aromatic rings. The number of aliphatic hydroxyl groups is 1. The van der Waals surface area contributed by atoms with Crippen molar-refractivity contribution < 1.29 is 5.11 Å². The first-order valence-corrected chi connectivity index (χ1v) is 7.08. The summed E-state index contributed by atoms with van der Waals surface area (Å²) in [7, 11) is 0. The van der Waals surface area contributed by atoms with Gasteiger partial charge in [0, 0.05) is 12.6 Å². The van der Waals surface area contributed by atoms with Gasteiger partial charge in [-0.15, -0.1) is 0 Å². The van der Waals surface area contributed by atoms with Crippen LogP contribution in [0.4, 0.5) is 0 Å². The predicted molar refractivity (Wildman–Crippen MR) is 71.9 cm³/mol. The minimum absolute atomic E-state index is 0.405. The molecule has 2 atom stereocenters. The van der Waals surface area contributed by atoms with Crippen LogP contribution in [0.3, 0.4) is 0 Å². The maximum atomic E-state index is 9.93. The molecule has 90 valence electrons. The van der Waals surface area contributed by atoms with Gasteiger partial charge in [0.2, 0.25) is 0 Å². The normalized spacial score (nSPS) is 14.7. The Morgan fingerprint density at radius 1 is 1.31 bits per heavy atom. The molecule has 0 spiro atoms. The molecule has 2 nitrogen and oxygen atoms in total. The SMILES string of the molecule is CSCCC(C)NCC(O)c1ccccc1. The van der Waals surface area contributed by atoms with Gasteiger partial charge in [-0.05, 0) is 30.9 Å². The van der Waals surface area contributed by atoms with Gasteiger partial charge in [-0.3, -0.25) is 0 Å². The van der Waals surface area contributed by atoms with Crippen molar-refractivity contribution in [3.8, 4) is 0 Å². The Hall–Kier alpha value is -0.510. The van der Waals surface area contributed by atoms with Gasteiger partial charge in [-0.25, -0.2) is 0 Å². The number of benzene rings is 1. The Labute approximate surface area is 102 Å². The van der Waals surface area contributed by atoms with Gasteiger partial charge in [0.25, 0.3) is 0 Å². The summed E-state index contributed by atoms with van der Waals surface area (Å²) >= 11 is 1.86. The van der Waals surface area contributed by atoms with E-state index >= 15 is 0 Å². The van der Waals surface area contributed by atoms with E-state index in [1.807, 2.05) is 42.1 Å². The van der Waals surface area contributed by atoms with Crippen molar-refractivity contribution in [2.45, 2.75) is 25.5 Å². The largest absolute Gasteiger partial charge is 0.387 e. The number of hydrogen-bond acceptors (Lipinski definition) is 3. The fourth-order valence-corrected chi connectivity index (χ4v) is 2.09. The molecule has 0 saturated heterocycles. The predicted octanol–water partition coefficient (Wildman–Crippen LogP) is 2.45. The van der Waals surface area contributed by atoms with E-state index in [1.165, 1.54) is 0 Å². The third-order valence-corrected chi connectivity index (χ3v) is 3.24. The van der Waals surface area contributed by atoms with Crippen LogP contribution < -0.4 is 5.32 Å². The molecule has 0 radical (unpaired) electrons. The number of aliphatic hydroxyl groups excluding tert-OH is 1. The summed E-state index contributed by atoms with van der Waals surface area (Å²) < 4.78 is 0. The number of nitrogens with one attached hydrogen (secondary N) is 1. The van der Waals surface area contributed by atoms with E-state index in [4.69, 9.17) is 0 Å². The number of hydrogen-bond donors (Lipinski definition) is 2. The molecule has 1 aromatic carbocycles. The van der Waals surface area contributed by atoms with Crippen molar-refractivity contribution in [2.24, 2.45) is 0 Å². The lowest BCUT2D eigenvalue weighted by atomic mass is 10.1. The average molecular weight is 239 g/mol. The molecular weight excluding hydrogens is 218 g/mol. The van der Waals surface area contributed by atoms with Crippen molar-refractivity contribution in [1.29, 1.82) is 0 Å². The van der Waals surface area contributed by atoms with Gasteiger partial charge < -0.3 is 10.4 Å². The zero-order chi connectivity index (χ0) is 11.8. The van der Waals surface area contributed by atoms with E-state index in [-0.39, 0.29) is 0 Å². The van der Waals surface area contributed by atoms with Gasteiger partial charge in [0.1, 0.15) is 0 Å². The van der Waals surface area contributed by atoms with Crippen molar-refractivity contribution in [1.82, 2.24) is 5.32 Å². The first-order valence-electron chi connectivity index (χ1n) is 5.69. The summed E-state index contributed by atoms with van der Waals surface area (Å²) in [5.41, 5.74) is 0.979. The maximum Gasteiger partial charge on any atom is 0.0914 e. The third-order valence-electron chi connectivity index (χ3n) is 2.60. The Balaban J connectivity index is 2.27. The van der Waals surface area contributed by atoms with Gasteiger partial charge in [0.05, 0.1) is 6.10 Å². The molecule has 2 unspecified atom stereocenters. The maximum absolute atomic E-state index is 9.93. The Kier molecular flexibility index (Phi) is 6.53. The van der Waals surface area contributed by atoms with Gasteiger partial charge >= 0.3 is 0 Å². The lowest BCUT2D eigenvalue weighted by Crippen LogP contribution is -2.30. The fraction of sp³-hybridized carbons (Fsp3) is 0.538. The summed E-state index contributed by atoms with van der Waals surface area (Å²) in [6.07, 6.45) is 2.85. The second-order valence-corrected chi connectivity index (χ2v) is 5.00. The molecule has 2 N–H and O–H groups in total. The van der Waals surface area contributed by atoms with E-state index in [0.717, 1.165) is 17.7 Å². The highest BCUT2D eigenvalue weighted by Crippen LogP contribution is 2.11. The van der Waals surface area contributed by atoms with E-state index in [0.29, 0.717) is 12.6 Å². The molecule has 0 heterocycles. The van der Waals surface area contributed by atoms with Crippen LogP contribution in [0.25, 0.3) is 0 Å². The van der Waals surface area contributed by atoms with Crippen LogP contribution in [0.15, 0.2) is 30.3 Å². The molecule has 0 aliphatic heterocycles. The Morgan fingerprint density at radius 2 is 2.00 bits per heavy atom. The van der Waals surface area contributed by atoms with Crippen LogP contribution in [0.1, 0.15) is 25.0 Å². The van der Waals surface area contributed by atoms with Gasteiger partial charge in [-0.1, -0.05) is 30.3 Å². The first-order chi connectivity index (χ1) is 7.74. The van der Waals surface area contributed by atoms with Crippen LogP contribution in [-0.2, 0) is 0 Å². The van der Waals surface area contributed by atoms with Crippen molar-refractivity contribution >= 4 is 11.8 Å². The van der Waals surface area contributed by atoms with Crippen LogP contribution in [0.2, 0.25) is 0 Å². The third kappa shape index (κ3) is 5.01. The Morgan fingerprint density at radius 3 is 2.62 bits per heavy atom. The molecule has 3 heteroatoms. The molecule has 0 aliphatic carbocycles. The van der Waals surface area contributed by atoms with Gasteiger partial charge in [0.15, 0.2) is 0 Å². The van der Waals surface area contributed by atoms with Crippen LogP contribution in [0.5, 0.6) is 0 Å². The summed E-state index contributed by atoms with van der Waals surface area (Å²) in [5.74, 6) is 1.16. The van der Waals surface area contributed by atoms with Crippen molar-refractivity contribution in [3.05, 3.63) is 35.9 Å². The molecule has 0 saturated carbocycles. The van der Waals surface area contributed by atoms with Crippen LogP contribution in [-0.4, -0.2) is 29.7 Å². The molecule has 0 fully saturated rings. The van der Waals surface area contributed by atoms with Crippen LogP contribution >= 0.6 is 11.8 Å². The topological polar surface area (TPSA) is 32.3 Å². The molecule has 1 rings (SSSR count). The zero-order valence-electron chi connectivity index (χ0n) is 10.0. The highest BCUT2D eigenvalue weighted by molar-refractivity contribution is 7.98. The summed E-state index contributed by atoms with van der Waals surface area (Å²) in [5, 5.41) is 13.3. The molecule has 0 amide bonds. The zero-order valence-corrected chi connectivity index (χ0v) is 10.8. The van der Waals surface area contributed by atoms with Crippen LogP contribution in [0, 0.1) is 0 Å². The second-order valence-electron chi connectivity index (χ2n) is 4.02. The quantitative estimate of drug-likeness (QED) is 0.766. The van der Waals surface area contributed by atoms with Gasteiger partial charge in [-0.2, -0.15) is 11.8 Å². The highest BCUT2D eigenvalue weighted by atomic mass is 32.2. The Bertz CT molecular complexity index is 279. The number of thioether (sulfide) groups is 1. The summed E-state index contributed by atoms with van der Waals surface area (Å²) in [6, 6.07) is 10.2. The first kappa shape index (κ1) is 13.6. The molecule has 0 aromatic heterocycles. The summed E-state index contributed by atoms with van der Waals surface area (Å²) in [6.45, 7) is 2.79. The van der Waals surface area contributed by atoms with E-state index in [9.17, 15) is 5.11 Å². The van der Waals surface area contributed by atoms with E-state index in [1.54, 1.807) is 0 Å². The smallest absolute Gasteiger partial charge is 0.0914 e. The molecule has 0 aliphatic rings. The second kappa shape index (κ2) is 7.71. The highest BCUT2D eigenvalue weighted by Gasteiger charge is 2.08. The lowest BCUT2D eigenvalue weighted by Gasteiger charge is -2.17. The van der Waals surface area contributed by atoms with E-state index < -0.39 is 6.10 Å². The monoisotopic (exact) mass is 239 g/mol. The molecular formula is C13H21NOS. The molecule has 0 bridgehead atoms. The minimum Gasteiger partial charge on any atom is -0.387 e. The summed E-state index contributed by atoms with van der Waals surface area (Å²) in [4.78, 5) is 0.